The number of aliphatic carboxylic acids is 1. The number of hydrogen-bond donors (Lipinski definition) is 2. The number of hydrogen-bond acceptors (Lipinski definition) is 6. The second-order valence-electron chi connectivity index (χ2n) is 7.81. The normalized spacial score (nSPS) is 33.8. The molecule has 0 aromatic carbocycles. The highest BCUT2D eigenvalue weighted by Gasteiger charge is 2.63. The number of rotatable bonds is 4. The third kappa shape index (κ3) is 2.86. The fourth-order valence-corrected chi connectivity index (χ4v) is 5.89. The third-order valence-corrected chi connectivity index (χ3v) is 7.21. The van der Waals surface area contributed by atoms with E-state index in [1.54, 1.807) is 6.34 Å². The molecule has 4 aliphatic rings. The Kier molecular flexibility index (Phi) is 4.37. The lowest BCUT2D eigenvalue weighted by atomic mass is 9.95. The van der Waals surface area contributed by atoms with E-state index >= 15 is 0 Å². The van der Waals surface area contributed by atoms with Crippen LogP contribution in [0.3, 0.4) is 0 Å². The second-order valence-corrected chi connectivity index (χ2v) is 9.58. The smallest absolute Gasteiger partial charge is 0.327 e. The lowest BCUT2D eigenvalue weighted by molar-refractivity contribution is -0.158. The number of nitrogens with one attached hydrogen (secondary N) is 1. The van der Waals surface area contributed by atoms with Gasteiger partial charge in [-0.3, -0.25) is 14.8 Å². The van der Waals surface area contributed by atoms with Gasteiger partial charge < -0.3 is 20.2 Å². The van der Waals surface area contributed by atoms with E-state index in [1.165, 1.54) is 16.7 Å². The van der Waals surface area contributed by atoms with Crippen LogP contribution in [0.15, 0.2) is 9.98 Å². The van der Waals surface area contributed by atoms with Gasteiger partial charge in [0.1, 0.15) is 11.4 Å². The van der Waals surface area contributed by atoms with Crippen LogP contribution in [0.2, 0.25) is 0 Å². The standard InChI is InChI=1S/C17H25N5O3S/c1-17(2)12(16(24)25)22-14(23)11(15(22)26-17)20-9-21-7-3-10(4-8-21)13-18-5-6-19-13/h9-12,15H,3-8H2,1-2H3,(H,18,19)(H,24,25)/t11?,12-,15?/m0/s1. The van der Waals surface area contributed by atoms with Crippen LogP contribution in [0.4, 0.5) is 0 Å². The largest absolute Gasteiger partial charge is 0.480 e. The molecule has 3 fully saturated rings. The Morgan fingerprint density at radius 3 is 2.77 bits per heavy atom. The first-order valence-electron chi connectivity index (χ1n) is 9.17. The number of β-lactam (4-membered cyclic amide) rings is 1. The van der Waals surface area contributed by atoms with Gasteiger partial charge in [0.05, 0.1) is 18.7 Å². The summed E-state index contributed by atoms with van der Waals surface area (Å²) < 4.78 is -0.496. The zero-order valence-electron chi connectivity index (χ0n) is 15.1. The average molecular weight is 379 g/mol. The van der Waals surface area contributed by atoms with Gasteiger partial charge in [0.15, 0.2) is 6.04 Å². The fourth-order valence-electron chi connectivity index (χ4n) is 4.27. The lowest BCUT2D eigenvalue weighted by Crippen LogP contribution is -2.65. The quantitative estimate of drug-likeness (QED) is 0.413. The summed E-state index contributed by atoms with van der Waals surface area (Å²) >= 11 is 1.54. The van der Waals surface area contributed by atoms with Crippen molar-refractivity contribution in [3.05, 3.63) is 0 Å². The molecule has 26 heavy (non-hydrogen) atoms. The van der Waals surface area contributed by atoms with Gasteiger partial charge in [-0.15, -0.1) is 11.8 Å². The molecule has 2 N–H and O–H groups in total. The van der Waals surface area contributed by atoms with E-state index in [0.717, 1.165) is 44.9 Å². The predicted octanol–water partition coefficient (Wildman–Crippen LogP) is 0.244. The lowest BCUT2D eigenvalue weighted by Gasteiger charge is -2.41. The first-order valence-corrected chi connectivity index (χ1v) is 10.0. The predicted molar refractivity (Wildman–Crippen MR) is 101 cm³/mol. The van der Waals surface area contributed by atoms with Crippen LogP contribution in [-0.2, 0) is 9.59 Å². The number of amidine groups is 1. The molecule has 8 nitrogen and oxygen atoms in total. The van der Waals surface area contributed by atoms with E-state index < -0.39 is 22.8 Å². The number of aliphatic imine (C=N–C) groups is 2. The number of piperidine rings is 1. The van der Waals surface area contributed by atoms with Crippen LogP contribution >= 0.6 is 11.8 Å². The third-order valence-electron chi connectivity index (χ3n) is 5.65. The Balaban J connectivity index is 1.34. The maximum Gasteiger partial charge on any atom is 0.327 e. The molecule has 4 aliphatic heterocycles. The van der Waals surface area contributed by atoms with Crippen LogP contribution in [-0.4, -0.2) is 87.3 Å². The van der Waals surface area contributed by atoms with Crippen molar-refractivity contribution in [3.63, 3.8) is 0 Å². The zero-order chi connectivity index (χ0) is 18.5. The highest BCUT2D eigenvalue weighted by Crippen LogP contribution is 2.51. The zero-order valence-corrected chi connectivity index (χ0v) is 15.9. The number of carbonyl (C=O) groups excluding carboxylic acids is 1. The van der Waals surface area contributed by atoms with Gasteiger partial charge in [-0.1, -0.05) is 0 Å². The molecule has 0 aromatic rings. The summed E-state index contributed by atoms with van der Waals surface area (Å²) in [5.74, 6) is 0.545. The van der Waals surface area contributed by atoms with Crippen LogP contribution in [0.1, 0.15) is 26.7 Å². The van der Waals surface area contributed by atoms with Crippen molar-refractivity contribution < 1.29 is 14.7 Å². The molecule has 3 saturated heterocycles. The Bertz CT molecular complexity index is 671. The van der Waals surface area contributed by atoms with Crippen LogP contribution in [0.25, 0.3) is 0 Å². The van der Waals surface area contributed by atoms with Crippen molar-refractivity contribution in [3.8, 4) is 0 Å². The van der Waals surface area contributed by atoms with Crippen molar-refractivity contribution in [1.29, 1.82) is 0 Å². The molecule has 142 valence electrons. The number of carboxylic acid groups (broad SMARTS) is 1. The molecule has 4 heterocycles. The Labute approximate surface area is 157 Å². The van der Waals surface area contributed by atoms with E-state index in [-0.39, 0.29) is 11.3 Å². The van der Waals surface area contributed by atoms with Crippen molar-refractivity contribution in [2.24, 2.45) is 15.9 Å². The number of likely N-dealkylation sites (tertiary alicyclic amines) is 1. The Morgan fingerprint density at radius 2 is 2.15 bits per heavy atom. The first kappa shape index (κ1) is 17.6. The Hall–Kier alpha value is -1.77. The summed E-state index contributed by atoms with van der Waals surface area (Å²) in [6.45, 7) is 7.40. The topological polar surface area (TPSA) is 97.6 Å². The molecule has 0 bridgehead atoms. The summed E-state index contributed by atoms with van der Waals surface area (Å²) in [5, 5.41) is 12.7. The molecule has 9 heteroatoms. The number of carboxylic acids is 1. The summed E-state index contributed by atoms with van der Waals surface area (Å²) in [6.07, 6.45) is 3.87. The summed E-state index contributed by atoms with van der Waals surface area (Å²) in [5.41, 5.74) is 0. The molecule has 1 amide bonds. The molecule has 0 radical (unpaired) electrons. The average Bonchev–Trinajstić information content (AvgIpc) is 3.20. The number of nitrogens with zero attached hydrogens (tertiary/aromatic N) is 4. The van der Waals surface area contributed by atoms with Gasteiger partial charge in [0.2, 0.25) is 0 Å². The van der Waals surface area contributed by atoms with E-state index in [1.807, 2.05) is 13.8 Å². The number of thioether (sulfide) groups is 1. The van der Waals surface area contributed by atoms with E-state index in [4.69, 9.17) is 0 Å². The molecule has 0 saturated carbocycles. The molecule has 0 aromatic heterocycles. The van der Waals surface area contributed by atoms with E-state index in [9.17, 15) is 14.7 Å². The van der Waals surface area contributed by atoms with Crippen LogP contribution < -0.4 is 5.32 Å². The highest BCUT2D eigenvalue weighted by molar-refractivity contribution is 8.01. The number of carbonyl (C=O) groups is 2. The molecule has 3 atom stereocenters. The maximum atomic E-state index is 12.4. The van der Waals surface area contributed by atoms with Gasteiger partial charge >= 0.3 is 5.97 Å². The van der Waals surface area contributed by atoms with Gasteiger partial charge in [0.25, 0.3) is 5.91 Å². The molecule has 2 unspecified atom stereocenters. The molecular formula is C17H25N5O3S. The van der Waals surface area contributed by atoms with Crippen LogP contribution in [0, 0.1) is 5.92 Å². The summed E-state index contributed by atoms with van der Waals surface area (Å²) in [7, 11) is 0. The van der Waals surface area contributed by atoms with Gasteiger partial charge in [-0.25, -0.2) is 4.79 Å². The molecule has 4 rings (SSSR count). The van der Waals surface area contributed by atoms with Gasteiger partial charge in [0, 0.05) is 30.3 Å². The van der Waals surface area contributed by atoms with Gasteiger partial charge in [-0.2, -0.15) is 0 Å². The molecular weight excluding hydrogens is 354 g/mol. The van der Waals surface area contributed by atoms with E-state index in [0.29, 0.717) is 5.92 Å². The van der Waals surface area contributed by atoms with Crippen molar-refractivity contribution in [2.75, 3.05) is 26.2 Å². The first-order chi connectivity index (χ1) is 12.4. The monoisotopic (exact) mass is 379 g/mol. The second kappa shape index (κ2) is 6.44. The number of amides is 1. The van der Waals surface area contributed by atoms with Crippen molar-refractivity contribution in [1.82, 2.24) is 15.1 Å². The van der Waals surface area contributed by atoms with Crippen molar-refractivity contribution >= 4 is 35.8 Å². The highest BCUT2D eigenvalue weighted by atomic mass is 32.2. The Morgan fingerprint density at radius 1 is 1.42 bits per heavy atom. The molecule has 0 spiro atoms. The van der Waals surface area contributed by atoms with Crippen LogP contribution in [0.5, 0.6) is 0 Å². The SMILES string of the molecule is CC1(C)SC2C(N=CN3CCC(C4=NCCN4)CC3)C(=O)N2[C@H]1C(=O)O. The minimum atomic E-state index is -0.939. The fraction of sp³-hybridized carbons (Fsp3) is 0.765. The summed E-state index contributed by atoms with van der Waals surface area (Å²) in [4.78, 5) is 36.6. The van der Waals surface area contributed by atoms with Crippen molar-refractivity contribution in [2.45, 2.75) is 48.9 Å². The number of fused-ring (bicyclic) bond motifs is 1. The minimum absolute atomic E-state index is 0.163. The van der Waals surface area contributed by atoms with E-state index in [2.05, 4.69) is 20.2 Å². The molecule has 0 aliphatic carbocycles. The summed E-state index contributed by atoms with van der Waals surface area (Å²) in [6, 6.07) is -1.23. The van der Waals surface area contributed by atoms with Gasteiger partial charge in [-0.05, 0) is 26.7 Å². The maximum absolute atomic E-state index is 12.4. The minimum Gasteiger partial charge on any atom is -0.480 e.